The normalized spacial score (nSPS) is 23.5. The first-order valence-electron chi connectivity index (χ1n) is 8.56. The number of carbonyl (C=O) groups excluding carboxylic acids is 1. The summed E-state index contributed by atoms with van der Waals surface area (Å²) >= 11 is 0. The third-order valence-electron chi connectivity index (χ3n) is 5.18. The lowest BCUT2D eigenvalue weighted by molar-refractivity contribution is -0.0428. The molecule has 4 rings (SSSR count). The molecule has 2 fully saturated rings. The van der Waals surface area contributed by atoms with Crippen LogP contribution < -0.4 is 0 Å². The molecule has 2 aromatic rings. The molecule has 124 valence electrons. The summed E-state index contributed by atoms with van der Waals surface area (Å²) in [5.74, 6) is 0.731. The maximum atomic E-state index is 12.7. The number of hydrogen-bond acceptors (Lipinski definition) is 4. The molecule has 0 unspecified atom stereocenters. The highest BCUT2D eigenvalue weighted by Crippen LogP contribution is 2.34. The van der Waals surface area contributed by atoms with Gasteiger partial charge in [0.05, 0.1) is 11.9 Å². The van der Waals surface area contributed by atoms with Crippen molar-refractivity contribution >= 4 is 5.91 Å². The van der Waals surface area contributed by atoms with Crippen LogP contribution in [0.3, 0.4) is 0 Å². The van der Waals surface area contributed by atoms with Crippen molar-refractivity contribution in [3.63, 3.8) is 0 Å². The zero-order chi connectivity index (χ0) is 16.5. The second kappa shape index (κ2) is 6.32. The van der Waals surface area contributed by atoms with Crippen LogP contribution in [0.5, 0.6) is 0 Å². The number of benzene rings is 1. The van der Waals surface area contributed by atoms with Crippen LogP contribution in [0.2, 0.25) is 0 Å². The molecular formula is C19H22N4O. The summed E-state index contributed by atoms with van der Waals surface area (Å²) in [6, 6.07) is 11.0. The quantitative estimate of drug-likeness (QED) is 0.869. The van der Waals surface area contributed by atoms with Gasteiger partial charge in [0, 0.05) is 38.4 Å². The van der Waals surface area contributed by atoms with Crippen molar-refractivity contribution in [3.05, 3.63) is 59.7 Å². The molecule has 0 saturated carbocycles. The number of amides is 1. The monoisotopic (exact) mass is 322 g/mol. The minimum absolute atomic E-state index is 0.00695. The Morgan fingerprint density at radius 3 is 2.75 bits per heavy atom. The van der Waals surface area contributed by atoms with E-state index in [9.17, 15) is 4.79 Å². The van der Waals surface area contributed by atoms with Crippen LogP contribution >= 0.6 is 0 Å². The van der Waals surface area contributed by atoms with Crippen molar-refractivity contribution in [2.75, 3.05) is 19.6 Å². The lowest BCUT2D eigenvalue weighted by atomic mass is 9.82. The Kier molecular flexibility index (Phi) is 4.02. The Bertz CT molecular complexity index is 716. The van der Waals surface area contributed by atoms with Crippen molar-refractivity contribution in [3.8, 4) is 0 Å². The molecule has 3 heterocycles. The highest BCUT2D eigenvalue weighted by molar-refractivity contribution is 5.92. The van der Waals surface area contributed by atoms with E-state index in [1.807, 2.05) is 17.9 Å². The molecule has 1 aromatic carbocycles. The van der Waals surface area contributed by atoms with E-state index in [1.54, 1.807) is 12.4 Å². The highest BCUT2D eigenvalue weighted by atomic mass is 16.2. The van der Waals surface area contributed by atoms with Gasteiger partial charge in [-0.2, -0.15) is 0 Å². The van der Waals surface area contributed by atoms with Crippen LogP contribution in [0.1, 0.15) is 28.2 Å². The molecule has 2 aliphatic rings. The van der Waals surface area contributed by atoms with Crippen LogP contribution in [0.25, 0.3) is 0 Å². The molecular weight excluding hydrogens is 300 g/mol. The third kappa shape index (κ3) is 2.91. The maximum Gasteiger partial charge on any atom is 0.274 e. The van der Waals surface area contributed by atoms with Crippen LogP contribution in [0.4, 0.5) is 0 Å². The number of rotatable bonds is 3. The van der Waals surface area contributed by atoms with Gasteiger partial charge in [0.25, 0.3) is 5.91 Å². The topological polar surface area (TPSA) is 49.3 Å². The first-order chi connectivity index (χ1) is 11.7. The van der Waals surface area contributed by atoms with Gasteiger partial charge in [0.2, 0.25) is 0 Å². The largest absolute Gasteiger partial charge is 0.336 e. The Morgan fingerprint density at radius 2 is 2.00 bits per heavy atom. The number of fused-ring (bicyclic) bond motifs is 1. The van der Waals surface area contributed by atoms with E-state index < -0.39 is 0 Å². The van der Waals surface area contributed by atoms with E-state index in [-0.39, 0.29) is 5.91 Å². The number of likely N-dealkylation sites (tertiary alicyclic amines) is 2. The standard InChI is InChI=1S/C19H22N4O/c1-14-9-21-17(10-20-14)19(24)22-8-7-16-12-23(18(16)13-22)11-15-5-3-2-4-6-15/h2-6,9-10,16,18H,7-8,11-13H2,1H3/t16-,18-/m1/s1. The number of piperidine rings is 1. The zero-order valence-corrected chi connectivity index (χ0v) is 13.9. The van der Waals surface area contributed by atoms with E-state index in [0.29, 0.717) is 11.7 Å². The maximum absolute atomic E-state index is 12.7. The van der Waals surface area contributed by atoms with Crippen LogP contribution in [-0.2, 0) is 6.54 Å². The zero-order valence-electron chi connectivity index (χ0n) is 13.9. The first kappa shape index (κ1) is 15.3. The lowest BCUT2D eigenvalue weighted by Gasteiger charge is -2.53. The van der Waals surface area contributed by atoms with E-state index in [0.717, 1.165) is 44.2 Å². The van der Waals surface area contributed by atoms with E-state index in [4.69, 9.17) is 0 Å². The predicted molar refractivity (Wildman–Crippen MR) is 91.4 cm³/mol. The van der Waals surface area contributed by atoms with Gasteiger partial charge in [-0.1, -0.05) is 30.3 Å². The fourth-order valence-electron chi connectivity index (χ4n) is 3.75. The molecule has 0 bridgehead atoms. The van der Waals surface area contributed by atoms with Crippen LogP contribution in [0.15, 0.2) is 42.7 Å². The molecule has 1 amide bonds. The molecule has 2 atom stereocenters. The fraction of sp³-hybridized carbons (Fsp3) is 0.421. The van der Waals surface area contributed by atoms with Crippen molar-refractivity contribution in [2.45, 2.75) is 25.9 Å². The SMILES string of the molecule is Cc1cnc(C(=O)N2CC[C@@H]3CN(Cc4ccccc4)[C@@H]3C2)cn1. The van der Waals surface area contributed by atoms with Crippen molar-refractivity contribution in [1.82, 2.24) is 19.8 Å². The molecule has 0 aliphatic carbocycles. The average molecular weight is 322 g/mol. The van der Waals surface area contributed by atoms with Gasteiger partial charge >= 0.3 is 0 Å². The Morgan fingerprint density at radius 1 is 1.17 bits per heavy atom. The number of aromatic nitrogens is 2. The van der Waals surface area contributed by atoms with Crippen molar-refractivity contribution in [2.24, 2.45) is 5.92 Å². The summed E-state index contributed by atoms with van der Waals surface area (Å²) in [4.78, 5) is 25.5. The second-order valence-electron chi connectivity index (χ2n) is 6.83. The Labute approximate surface area is 142 Å². The molecule has 5 heteroatoms. The third-order valence-corrected chi connectivity index (χ3v) is 5.18. The molecule has 5 nitrogen and oxygen atoms in total. The number of aryl methyl sites for hydroxylation is 1. The second-order valence-corrected chi connectivity index (χ2v) is 6.83. The minimum atomic E-state index is 0.00695. The summed E-state index contributed by atoms with van der Waals surface area (Å²) in [7, 11) is 0. The smallest absolute Gasteiger partial charge is 0.274 e. The van der Waals surface area contributed by atoms with Gasteiger partial charge < -0.3 is 4.90 Å². The average Bonchev–Trinajstić information content (AvgIpc) is 2.61. The predicted octanol–water partition coefficient (Wildman–Crippen LogP) is 2.13. The van der Waals surface area contributed by atoms with Gasteiger partial charge in [-0.15, -0.1) is 0 Å². The Hall–Kier alpha value is -2.27. The molecule has 2 saturated heterocycles. The van der Waals surface area contributed by atoms with E-state index >= 15 is 0 Å². The summed E-state index contributed by atoms with van der Waals surface area (Å²) < 4.78 is 0. The van der Waals surface area contributed by atoms with Crippen LogP contribution in [-0.4, -0.2) is 51.4 Å². The van der Waals surface area contributed by atoms with Gasteiger partial charge in [0.1, 0.15) is 5.69 Å². The van der Waals surface area contributed by atoms with E-state index in [2.05, 4.69) is 39.1 Å². The van der Waals surface area contributed by atoms with Gasteiger partial charge in [0.15, 0.2) is 0 Å². The highest BCUT2D eigenvalue weighted by Gasteiger charge is 2.43. The van der Waals surface area contributed by atoms with Gasteiger partial charge in [-0.25, -0.2) is 4.98 Å². The fourth-order valence-corrected chi connectivity index (χ4v) is 3.75. The molecule has 0 N–H and O–H groups in total. The van der Waals surface area contributed by atoms with Gasteiger partial charge in [-0.3, -0.25) is 14.7 Å². The molecule has 0 spiro atoms. The summed E-state index contributed by atoms with van der Waals surface area (Å²) in [5, 5.41) is 0. The number of hydrogen-bond donors (Lipinski definition) is 0. The summed E-state index contributed by atoms with van der Waals surface area (Å²) in [6.45, 7) is 5.61. The van der Waals surface area contributed by atoms with E-state index in [1.165, 1.54) is 5.56 Å². The Balaban J connectivity index is 1.41. The minimum Gasteiger partial charge on any atom is -0.336 e. The number of carbonyl (C=O) groups is 1. The molecule has 0 radical (unpaired) electrons. The first-order valence-corrected chi connectivity index (χ1v) is 8.56. The lowest BCUT2D eigenvalue weighted by Crippen LogP contribution is -2.64. The molecule has 1 aromatic heterocycles. The molecule has 2 aliphatic heterocycles. The molecule has 24 heavy (non-hydrogen) atoms. The number of nitrogens with zero attached hydrogens (tertiary/aromatic N) is 4. The van der Waals surface area contributed by atoms with Crippen molar-refractivity contribution < 1.29 is 4.79 Å². The van der Waals surface area contributed by atoms with Crippen molar-refractivity contribution in [1.29, 1.82) is 0 Å². The summed E-state index contributed by atoms with van der Waals surface area (Å²) in [6.07, 6.45) is 4.33. The van der Waals surface area contributed by atoms with Gasteiger partial charge in [-0.05, 0) is 24.8 Å². The summed E-state index contributed by atoms with van der Waals surface area (Å²) in [5.41, 5.74) is 2.62. The van der Waals surface area contributed by atoms with Crippen LogP contribution in [0, 0.1) is 12.8 Å².